The van der Waals surface area contributed by atoms with Crippen molar-refractivity contribution >= 4 is 5.69 Å². The van der Waals surface area contributed by atoms with Gasteiger partial charge in [-0.1, -0.05) is 0 Å². The minimum absolute atomic E-state index is 0.303. The van der Waals surface area contributed by atoms with E-state index in [4.69, 9.17) is 4.74 Å². The number of hydrogen-bond acceptors (Lipinski definition) is 4. The third kappa shape index (κ3) is 2.96. The number of nitrogens with zero attached hydrogens (tertiary/aromatic N) is 2. The van der Waals surface area contributed by atoms with E-state index in [1.165, 1.54) is 24.1 Å². The van der Waals surface area contributed by atoms with Crippen molar-refractivity contribution in [3.63, 3.8) is 0 Å². The van der Waals surface area contributed by atoms with Crippen LogP contribution in [0.1, 0.15) is 37.4 Å². The molecule has 1 aliphatic heterocycles. The Bertz CT molecular complexity index is 473. The van der Waals surface area contributed by atoms with Crippen LogP contribution in [0, 0.1) is 6.92 Å². The first-order chi connectivity index (χ1) is 9.65. The maximum absolute atomic E-state index is 5.71. The number of aromatic nitrogens is 1. The Hall–Kier alpha value is -1.13. The Morgan fingerprint density at radius 1 is 1.40 bits per heavy atom. The zero-order valence-corrected chi connectivity index (χ0v) is 12.7. The summed E-state index contributed by atoms with van der Waals surface area (Å²) < 4.78 is 5.71. The lowest BCUT2D eigenvalue weighted by atomic mass is 10.1. The lowest BCUT2D eigenvalue weighted by Crippen LogP contribution is -2.37. The molecule has 2 heterocycles. The molecule has 4 nitrogen and oxygen atoms in total. The van der Waals surface area contributed by atoms with E-state index < -0.39 is 0 Å². The summed E-state index contributed by atoms with van der Waals surface area (Å²) in [6.07, 6.45) is 6.07. The zero-order valence-electron chi connectivity index (χ0n) is 12.7. The molecule has 0 radical (unpaired) electrons. The summed E-state index contributed by atoms with van der Waals surface area (Å²) in [5.74, 6) is 0. The monoisotopic (exact) mass is 275 g/mol. The molecule has 0 amide bonds. The fourth-order valence-corrected chi connectivity index (χ4v) is 2.99. The average Bonchev–Trinajstić information content (AvgIpc) is 3.17. The van der Waals surface area contributed by atoms with Crippen molar-refractivity contribution in [3.8, 4) is 0 Å². The van der Waals surface area contributed by atoms with Gasteiger partial charge in [-0.05, 0) is 39.2 Å². The highest BCUT2D eigenvalue weighted by Gasteiger charge is 2.29. The van der Waals surface area contributed by atoms with E-state index >= 15 is 0 Å². The van der Waals surface area contributed by atoms with Gasteiger partial charge in [-0.25, -0.2) is 0 Å². The third-order valence-corrected chi connectivity index (χ3v) is 4.47. The van der Waals surface area contributed by atoms with Crippen LogP contribution in [0.25, 0.3) is 0 Å². The molecule has 4 heteroatoms. The van der Waals surface area contributed by atoms with E-state index in [1.54, 1.807) is 0 Å². The molecule has 1 saturated heterocycles. The predicted molar refractivity (Wildman–Crippen MR) is 81.1 cm³/mol. The molecule has 2 atom stereocenters. The predicted octanol–water partition coefficient (Wildman–Crippen LogP) is 2.26. The molecular formula is C16H25N3O. The van der Waals surface area contributed by atoms with Gasteiger partial charge in [0.05, 0.1) is 12.1 Å². The van der Waals surface area contributed by atoms with Gasteiger partial charge in [0.2, 0.25) is 0 Å². The fraction of sp³-hybridized carbons (Fsp3) is 0.688. The molecule has 1 N–H and O–H groups in total. The lowest BCUT2D eigenvalue weighted by molar-refractivity contribution is 0.118. The van der Waals surface area contributed by atoms with Gasteiger partial charge < -0.3 is 15.0 Å². The van der Waals surface area contributed by atoms with Crippen LogP contribution >= 0.6 is 0 Å². The van der Waals surface area contributed by atoms with Gasteiger partial charge >= 0.3 is 0 Å². The number of aryl methyl sites for hydroxylation is 1. The van der Waals surface area contributed by atoms with Gasteiger partial charge in [-0.3, -0.25) is 4.98 Å². The Kier molecular flexibility index (Phi) is 3.94. The number of pyridine rings is 1. The number of nitrogens with one attached hydrogen (secondary N) is 1. The van der Waals surface area contributed by atoms with E-state index in [1.807, 2.05) is 6.20 Å². The highest BCUT2D eigenvalue weighted by Crippen LogP contribution is 2.28. The Morgan fingerprint density at radius 2 is 2.20 bits per heavy atom. The van der Waals surface area contributed by atoms with Crippen molar-refractivity contribution < 1.29 is 4.74 Å². The van der Waals surface area contributed by atoms with E-state index in [0.717, 1.165) is 31.3 Å². The van der Waals surface area contributed by atoms with Crippen LogP contribution in [-0.4, -0.2) is 36.8 Å². The van der Waals surface area contributed by atoms with Gasteiger partial charge in [-0.2, -0.15) is 0 Å². The maximum Gasteiger partial charge on any atom is 0.0750 e. The summed E-state index contributed by atoms with van der Waals surface area (Å²) in [4.78, 5) is 6.85. The number of ether oxygens (including phenoxy) is 1. The summed E-state index contributed by atoms with van der Waals surface area (Å²) in [7, 11) is 2.19. The SMILES string of the molecule is Cc1cc(N(C)C2CCOC2C)c(CNC2CC2)cn1. The molecule has 2 aliphatic rings. The maximum atomic E-state index is 5.71. The van der Waals surface area contributed by atoms with Crippen molar-refractivity contribution in [2.24, 2.45) is 0 Å². The first-order valence-corrected chi connectivity index (χ1v) is 7.68. The van der Waals surface area contributed by atoms with E-state index in [0.29, 0.717) is 12.1 Å². The van der Waals surface area contributed by atoms with Crippen molar-refractivity contribution in [1.29, 1.82) is 0 Å². The molecule has 1 aromatic heterocycles. The fourth-order valence-electron chi connectivity index (χ4n) is 2.99. The molecular weight excluding hydrogens is 250 g/mol. The van der Waals surface area contributed by atoms with Crippen molar-refractivity contribution in [2.75, 3.05) is 18.6 Å². The van der Waals surface area contributed by atoms with E-state index in [2.05, 4.69) is 42.2 Å². The molecule has 0 spiro atoms. The Balaban J connectivity index is 1.79. The van der Waals surface area contributed by atoms with Crippen LogP contribution in [0.2, 0.25) is 0 Å². The summed E-state index contributed by atoms with van der Waals surface area (Å²) in [6, 6.07) is 3.40. The summed E-state index contributed by atoms with van der Waals surface area (Å²) in [6.45, 7) is 6.02. The van der Waals surface area contributed by atoms with Crippen LogP contribution in [0.5, 0.6) is 0 Å². The van der Waals surface area contributed by atoms with Crippen LogP contribution in [0.4, 0.5) is 5.69 Å². The second kappa shape index (κ2) is 5.70. The van der Waals surface area contributed by atoms with Gasteiger partial charge in [0.15, 0.2) is 0 Å². The highest BCUT2D eigenvalue weighted by molar-refractivity contribution is 5.54. The largest absolute Gasteiger partial charge is 0.376 e. The summed E-state index contributed by atoms with van der Waals surface area (Å²) >= 11 is 0. The zero-order chi connectivity index (χ0) is 14.1. The van der Waals surface area contributed by atoms with Crippen molar-refractivity contribution in [3.05, 3.63) is 23.5 Å². The summed E-state index contributed by atoms with van der Waals surface area (Å²) in [5.41, 5.74) is 3.67. The molecule has 20 heavy (non-hydrogen) atoms. The highest BCUT2D eigenvalue weighted by atomic mass is 16.5. The van der Waals surface area contributed by atoms with Gasteiger partial charge in [0, 0.05) is 49.4 Å². The first kappa shape index (κ1) is 13.8. The Labute approximate surface area is 121 Å². The van der Waals surface area contributed by atoms with Crippen LogP contribution in [0.15, 0.2) is 12.3 Å². The molecule has 1 aliphatic carbocycles. The molecule has 1 aromatic rings. The van der Waals surface area contributed by atoms with E-state index in [9.17, 15) is 0 Å². The van der Waals surface area contributed by atoms with Crippen molar-refractivity contribution in [1.82, 2.24) is 10.3 Å². The molecule has 2 unspecified atom stereocenters. The Morgan fingerprint density at radius 3 is 2.85 bits per heavy atom. The standard InChI is InChI=1S/C16H25N3O/c1-11-8-16(19(3)15-6-7-20-12(15)2)13(9-17-11)10-18-14-4-5-14/h8-9,12,14-15,18H,4-7,10H2,1-3H3. The van der Waals surface area contributed by atoms with Crippen LogP contribution < -0.4 is 10.2 Å². The molecule has 0 aromatic carbocycles. The topological polar surface area (TPSA) is 37.4 Å². The average molecular weight is 275 g/mol. The number of anilines is 1. The number of rotatable bonds is 5. The third-order valence-electron chi connectivity index (χ3n) is 4.47. The minimum Gasteiger partial charge on any atom is -0.376 e. The van der Waals surface area contributed by atoms with Gasteiger partial charge in [-0.15, -0.1) is 0 Å². The van der Waals surface area contributed by atoms with Crippen LogP contribution in [-0.2, 0) is 11.3 Å². The smallest absolute Gasteiger partial charge is 0.0750 e. The minimum atomic E-state index is 0.303. The molecule has 0 bridgehead atoms. The molecule has 2 fully saturated rings. The van der Waals surface area contributed by atoms with Crippen LogP contribution in [0.3, 0.4) is 0 Å². The summed E-state index contributed by atoms with van der Waals surface area (Å²) in [5, 5.41) is 3.59. The molecule has 110 valence electrons. The second-order valence-corrected chi connectivity index (χ2v) is 6.15. The second-order valence-electron chi connectivity index (χ2n) is 6.15. The van der Waals surface area contributed by atoms with Crippen molar-refractivity contribution in [2.45, 2.75) is 57.8 Å². The normalized spacial score (nSPS) is 25.9. The quantitative estimate of drug-likeness (QED) is 0.894. The molecule has 1 saturated carbocycles. The van der Waals surface area contributed by atoms with Gasteiger partial charge in [0.25, 0.3) is 0 Å². The number of likely N-dealkylation sites (N-methyl/N-ethyl adjacent to an activating group) is 1. The first-order valence-electron chi connectivity index (χ1n) is 7.68. The number of hydrogen-bond donors (Lipinski definition) is 1. The van der Waals surface area contributed by atoms with E-state index in [-0.39, 0.29) is 0 Å². The van der Waals surface area contributed by atoms with Gasteiger partial charge in [0.1, 0.15) is 0 Å². The molecule has 3 rings (SSSR count). The lowest BCUT2D eigenvalue weighted by Gasteiger charge is -2.30.